The fraction of sp³-hybridized carbons (Fsp3) is 0.0625. The predicted octanol–water partition coefficient (Wildman–Crippen LogP) is 5.48. The van der Waals surface area contributed by atoms with Gasteiger partial charge in [-0.25, -0.2) is 17.8 Å². The van der Waals surface area contributed by atoms with Crippen LogP contribution in [0.25, 0.3) is 16.5 Å². The van der Waals surface area contributed by atoms with E-state index in [4.69, 9.17) is 5.14 Å². The maximum Gasteiger partial charge on any atom is 3.00 e. The Morgan fingerprint density at radius 3 is 1.69 bits per heavy atom. The number of aryl methyl sites for hydroxylation is 2. The van der Waals surface area contributed by atoms with Crippen molar-refractivity contribution in [2.75, 3.05) is 0 Å². The van der Waals surface area contributed by atoms with Crippen molar-refractivity contribution in [3.05, 3.63) is 148 Å². The Morgan fingerprint density at radius 1 is 0.636 bits per heavy atom. The molecular weight excluding hydrogens is 782 g/mol. The quantitative estimate of drug-likeness (QED) is 0.105. The number of hydrogen-bond donors (Lipinski definition) is 2. The summed E-state index contributed by atoms with van der Waals surface area (Å²) in [6, 6.07) is 20.2. The van der Waals surface area contributed by atoms with Gasteiger partial charge < -0.3 is 15.4 Å². The fourth-order valence-corrected chi connectivity index (χ4v) is 5.18. The summed E-state index contributed by atoms with van der Waals surface area (Å²) in [5.74, 6) is -1.25. The second-order valence-corrected chi connectivity index (χ2v) is 12.5. The molecule has 6 rings (SSSR count). The van der Waals surface area contributed by atoms with Gasteiger partial charge in [-0.15, -0.1) is 10.2 Å². The monoisotopic (exact) mass is 806 g/mol. The first-order valence-electron chi connectivity index (χ1n) is 15.1. The van der Waals surface area contributed by atoms with Crippen molar-refractivity contribution in [1.29, 1.82) is 0 Å². The summed E-state index contributed by atoms with van der Waals surface area (Å²) in [5.41, 5.74) is -0.765. The molecule has 21 nitrogen and oxygen atoms in total. The topological polar surface area (TPSA) is 315 Å². The van der Waals surface area contributed by atoms with E-state index in [0.29, 0.717) is 11.4 Å². The number of aromatic nitrogens is 4. The first kappa shape index (κ1) is 40.7. The van der Waals surface area contributed by atoms with Crippen LogP contribution in [0.2, 0.25) is 0 Å². The van der Waals surface area contributed by atoms with Crippen molar-refractivity contribution in [3.63, 3.8) is 0 Å². The third-order valence-electron chi connectivity index (χ3n) is 7.30. The van der Waals surface area contributed by atoms with E-state index in [1.807, 2.05) is 6.07 Å². The molecule has 0 aliphatic rings. The van der Waals surface area contributed by atoms with Gasteiger partial charge in [0.05, 0.1) is 58.9 Å². The summed E-state index contributed by atoms with van der Waals surface area (Å²) in [6.07, 6.45) is 0. The Morgan fingerprint density at radius 2 is 1.15 bits per heavy atom. The molecule has 0 spiro atoms. The van der Waals surface area contributed by atoms with Crippen molar-refractivity contribution in [2.45, 2.75) is 18.7 Å². The van der Waals surface area contributed by atoms with Crippen LogP contribution in [-0.4, -0.2) is 37.8 Å². The van der Waals surface area contributed by atoms with E-state index in [1.165, 1.54) is 29.8 Å². The molecule has 55 heavy (non-hydrogen) atoms. The minimum atomic E-state index is -4.21. The molecule has 0 atom stereocenters. The van der Waals surface area contributed by atoms with E-state index in [9.17, 15) is 48.4 Å². The van der Waals surface area contributed by atoms with Gasteiger partial charge >= 0.3 is 17.4 Å². The molecule has 0 saturated carbocycles. The molecule has 2 heterocycles. The van der Waals surface area contributed by atoms with Gasteiger partial charge in [-0.1, -0.05) is 41.8 Å². The number of nitro groups is 2. The largest absolute Gasteiger partial charge is 3.00 e. The number of nitrogens with zero attached hydrogens (tertiary/aromatic N) is 8. The standard InChI is InChI=1S/C16H14N6O6S.C16H13N5O4.Cr/c1-9-15(19-18-13-6-5-11(22(25)26)8-14(13)23)16(24)21(20-9)10-3-2-4-12(7-10)29(17,27)28;1-10-15(16(23)20(19-10)11-5-3-2-4-6-11)18-17-13-9-12(21(24)25)7-8-14(13)22;/h2-8H,1H3,(H4,17,18,19,20,23,24,27,28);2-9,19,22H,1H3;/q;;+3/p-3. The second kappa shape index (κ2) is 16.7. The Balaban J connectivity index is 0.000000243. The van der Waals surface area contributed by atoms with E-state index >= 15 is 0 Å². The first-order valence-corrected chi connectivity index (χ1v) is 16.6. The molecule has 0 amide bonds. The van der Waals surface area contributed by atoms with Crippen LogP contribution in [0.4, 0.5) is 34.1 Å². The van der Waals surface area contributed by atoms with E-state index < -0.39 is 48.2 Å². The zero-order valence-electron chi connectivity index (χ0n) is 28.1. The summed E-state index contributed by atoms with van der Waals surface area (Å²) in [5, 5.41) is 72.8. The third kappa shape index (κ3) is 9.31. The molecule has 4 aromatic carbocycles. The summed E-state index contributed by atoms with van der Waals surface area (Å²) >= 11 is 0. The molecule has 1 radical (unpaired) electrons. The smallest absolute Gasteiger partial charge is 0.871 e. The van der Waals surface area contributed by atoms with Crippen LogP contribution < -0.4 is 21.3 Å². The van der Waals surface area contributed by atoms with E-state index in [-0.39, 0.29) is 62.1 Å². The number of non-ortho nitro benzene ring substituents is 2. The summed E-state index contributed by atoms with van der Waals surface area (Å²) in [7, 11) is -4.21. The Labute approximate surface area is 319 Å². The van der Waals surface area contributed by atoms with Crippen molar-refractivity contribution in [2.24, 2.45) is 20.5 Å². The predicted molar refractivity (Wildman–Crippen MR) is 187 cm³/mol. The third-order valence-corrected chi connectivity index (χ3v) is 8.18. The van der Waals surface area contributed by atoms with Gasteiger partial charge in [0, 0.05) is 24.3 Å². The Bertz CT molecular complexity index is 2700. The normalized spacial score (nSPS) is 11.3. The van der Waals surface area contributed by atoms with Gasteiger partial charge in [-0.2, -0.15) is 10.2 Å². The number of hydrogen-bond acceptors (Lipinski definition) is 14. The maximum absolute atomic E-state index is 12.6. The maximum atomic E-state index is 12.6. The minimum absolute atomic E-state index is 0. The van der Waals surface area contributed by atoms with Crippen LogP contribution in [-0.2, 0) is 27.4 Å². The average molecular weight is 807 g/mol. The van der Waals surface area contributed by atoms with Crippen molar-refractivity contribution < 1.29 is 45.8 Å². The van der Waals surface area contributed by atoms with Crippen LogP contribution >= 0.6 is 0 Å². The molecule has 3 N–H and O–H groups in total. The number of aromatic amines is 2. The first-order chi connectivity index (χ1) is 25.5. The minimum Gasteiger partial charge on any atom is -0.871 e. The van der Waals surface area contributed by atoms with Gasteiger partial charge in [0.1, 0.15) is 0 Å². The number of para-hydroxylation sites is 1. The van der Waals surface area contributed by atoms with Crippen LogP contribution in [0.3, 0.4) is 0 Å². The molecule has 23 heteroatoms. The van der Waals surface area contributed by atoms with E-state index in [0.717, 1.165) is 47.1 Å². The number of nitro benzene ring substituents is 2. The molecule has 2 aromatic heterocycles. The number of H-pyrrole nitrogens is 2. The SMILES string of the molecule is Cc1[nH]n(-c2cccc(S([NH-])(=O)=O)c2)c(=O)c1N=Nc1ccc([N+](=O)[O-])cc1[O-].Cc1[nH]n(-c2ccccc2)c(=O)c1N=Nc1cc([N+](=O)[O-])ccc1[O-].[Cr+3]. The molecule has 0 unspecified atom stereocenters. The number of rotatable bonds is 9. The average Bonchev–Trinajstić information content (AvgIpc) is 3.59. The number of azo groups is 2. The number of nitrogens with one attached hydrogen (secondary N) is 3. The van der Waals surface area contributed by atoms with Crippen LogP contribution in [0.15, 0.2) is 126 Å². The van der Waals surface area contributed by atoms with Crippen LogP contribution in [0.1, 0.15) is 11.4 Å². The van der Waals surface area contributed by atoms with Crippen molar-refractivity contribution >= 4 is 44.1 Å². The molecule has 279 valence electrons. The summed E-state index contributed by atoms with van der Waals surface area (Å²) in [6.45, 7) is 3.16. The fourth-order valence-electron chi connectivity index (χ4n) is 4.65. The zero-order chi connectivity index (χ0) is 39.3. The second-order valence-electron chi connectivity index (χ2n) is 11.0. The van der Waals surface area contributed by atoms with E-state index in [1.54, 1.807) is 31.2 Å². The molecule has 6 aromatic rings. The zero-order valence-corrected chi connectivity index (χ0v) is 30.2. The van der Waals surface area contributed by atoms with E-state index in [2.05, 4.69) is 30.7 Å². The molecule has 0 aliphatic carbocycles. The van der Waals surface area contributed by atoms with Crippen molar-refractivity contribution in [3.8, 4) is 22.9 Å². The Hall–Kier alpha value is -7.06. The summed E-state index contributed by atoms with van der Waals surface area (Å²) < 4.78 is 25.1. The van der Waals surface area contributed by atoms with Crippen molar-refractivity contribution in [1.82, 2.24) is 19.6 Å². The number of sulfonamides is 1. The molecular formula is C32H24CrN11O10S. The Kier molecular flexibility index (Phi) is 12.4. The number of benzene rings is 4. The summed E-state index contributed by atoms with van der Waals surface area (Å²) in [4.78, 5) is 44.9. The molecule has 0 bridgehead atoms. The molecule has 0 fully saturated rings. The van der Waals surface area contributed by atoms with Crippen LogP contribution in [0.5, 0.6) is 11.5 Å². The van der Waals surface area contributed by atoms with Gasteiger partial charge in [0.25, 0.3) is 22.5 Å². The van der Waals surface area contributed by atoms with Gasteiger partial charge in [-0.3, -0.25) is 40.0 Å². The van der Waals surface area contributed by atoms with Gasteiger partial charge in [0.2, 0.25) is 0 Å². The molecule has 0 aliphatic heterocycles. The van der Waals surface area contributed by atoms with Gasteiger partial charge in [0.15, 0.2) is 11.4 Å². The van der Waals surface area contributed by atoms with Gasteiger partial charge in [-0.05, 0) is 50.2 Å². The van der Waals surface area contributed by atoms with Crippen LogP contribution in [0, 0.1) is 34.1 Å². The molecule has 0 saturated heterocycles.